The van der Waals surface area contributed by atoms with Gasteiger partial charge in [0.1, 0.15) is 16.9 Å². The van der Waals surface area contributed by atoms with Gasteiger partial charge in [-0.05, 0) is 18.2 Å². The Kier molecular flexibility index (Phi) is 3.69. The molecule has 1 aliphatic heterocycles. The van der Waals surface area contributed by atoms with Crippen LogP contribution in [0.5, 0.6) is 5.75 Å². The average molecular weight is 289 g/mol. The van der Waals surface area contributed by atoms with E-state index in [4.69, 9.17) is 9.15 Å². The van der Waals surface area contributed by atoms with Gasteiger partial charge in [0.2, 0.25) is 5.91 Å². The van der Waals surface area contributed by atoms with Crippen molar-refractivity contribution in [3.05, 3.63) is 54.0 Å². The van der Waals surface area contributed by atoms with Crippen LogP contribution in [0.2, 0.25) is 0 Å². The van der Waals surface area contributed by atoms with Crippen molar-refractivity contribution < 1.29 is 13.9 Å². The van der Waals surface area contributed by atoms with Gasteiger partial charge >= 0.3 is 0 Å². The molecule has 1 aromatic heterocycles. The van der Waals surface area contributed by atoms with E-state index in [0.29, 0.717) is 12.3 Å². The first-order valence-corrected chi connectivity index (χ1v) is 7.41. The molecule has 3 rings (SSSR count). The summed E-state index contributed by atoms with van der Waals surface area (Å²) >= 11 is 1.62. The minimum absolute atomic E-state index is 0.0243. The number of methoxy groups -OCH3 is 1. The summed E-state index contributed by atoms with van der Waals surface area (Å²) in [6, 6.07) is 11.5. The highest BCUT2D eigenvalue weighted by Crippen LogP contribution is 2.42. The summed E-state index contributed by atoms with van der Waals surface area (Å²) in [6.07, 6.45) is 1.63. The zero-order chi connectivity index (χ0) is 13.9. The zero-order valence-corrected chi connectivity index (χ0v) is 11.9. The van der Waals surface area contributed by atoms with Crippen molar-refractivity contribution in [1.29, 1.82) is 0 Å². The Morgan fingerprint density at radius 3 is 2.95 bits per heavy atom. The SMILES string of the molecule is COc1ccccc1C1SCC(=O)N1Cc1ccco1. The number of ether oxygens (including phenoxy) is 1. The lowest BCUT2D eigenvalue weighted by Gasteiger charge is -2.24. The molecule has 5 heteroatoms. The summed E-state index contributed by atoms with van der Waals surface area (Å²) in [7, 11) is 1.65. The molecule has 1 atom stereocenters. The van der Waals surface area contributed by atoms with Crippen LogP contribution in [-0.2, 0) is 11.3 Å². The van der Waals surface area contributed by atoms with Gasteiger partial charge in [-0.25, -0.2) is 0 Å². The second-order valence-corrected chi connectivity index (χ2v) is 5.57. The molecule has 0 aliphatic carbocycles. The molecule has 0 bridgehead atoms. The fourth-order valence-corrected chi connectivity index (χ4v) is 3.54. The van der Waals surface area contributed by atoms with Gasteiger partial charge in [0.05, 0.1) is 25.7 Å². The molecule has 0 saturated carbocycles. The van der Waals surface area contributed by atoms with Gasteiger partial charge in [0, 0.05) is 5.56 Å². The van der Waals surface area contributed by atoms with E-state index in [9.17, 15) is 4.79 Å². The van der Waals surface area contributed by atoms with E-state index in [2.05, 4.69) is 0 Å². The molecule has 4 nitrogen and oxygen atoms in total. The van der Waals surface area contributed by atoms with Crippen LogP contribution < -0.4 is 4.74 Å². The number of rotatable bonds is 4. The third-order valence-electron chi connectivity index (χ3n) is 3.28. The molecule has 0 spiro atoms. The van der Waals surface area contributed by atoms with Gasteiger partial charge in [-0.3, -0.25) is 4.79 Å². The van der Waals surface area contributed by atoms with Gasteiger partial charge in [0.25, 0.3) is 0 Å². The summed E-state index contributed by atoms with van der Waals surface area (Å²) in [5.41, 5.74) is 1.03. The van der Waals surface area contributed by atoms with E-state index in [1.807, 2.05) is 41.3 Å². The monoisotopic (exact) mass is 289 g/mol. The lowest BCUT2D eigenvalue weighted by atomic mass is 10.1. The molecule has 104 valence electrons. The van der Waals surface area contributed by atoms with Crippen LogP contribution >= 0.6 is 11.8 Å². The van der Waals surface area contributed by atoms with Gasteiger partial charge in [-0.2, -0.15) is 0 Å². The van der Waals surface area contributed by atoms with Crippen LogP contribution in [0.4, 0.5) is 0 Å². The molecule has 1 aromatic carbocycles. The fourth-order valence-electron chi connectivity index (χ4n) is 2.32. The molecular formula is C15H15NO3S. The smallest absolute Gasteiger partial charge is 0.234 e. The number of hydrogen-bond donors (Lipinski definition) is 0. The molecule has 2 heterocycles. The van der Waals surface area contributed by atoms with E-state index in [1.54, 1.807) is 25.1 Å². The zero-order valence-electron chi connectivity index (χ0n) is 11.1. The topological polar surface area (TPSA) is 42.7 Å². The predicted molar refractivity (Wildman–Crippen MR) is 77.5 cm³/mol. The van der Waals surface area contributed by atoms with Gasteiger partial charge < -0.3 is 14.1 Å². The lowest BCUT2D eigenvalue weighted by molar-refractivity contribution is -0.128. The highest BCUT2D eigenvalue weighted by Gasteiger charge is 2.34. The second kappa shape index (κ2) is 5.63. The number of thioether (sulfide) groups is 1. The number of amides is 1. The molecule has 0 N–H and O–H groups in total. The van der Waals surface area contributed by atoms with Gasteiger partial charge in [-0.1, -0.05) is 18.2 Å². The lowest BCUT2D eigenvalue weighted by Crippen LogP contribution is -2.27. The number of carbonyl (C=O) groups is 1. The molecule has 1 saturated heterocycles. The Balaban J connectivity index is 1.89. The summed E-state index contributed by atoms with van der Waals surface area (Å²) in [5.74, 6) is 2.22. The Hall–Kier alpha value is -1.88. The number of furan rings is 1. The van der Waals surface area contributed by atoms with Crippen LogP contribution in [0.1, 0.15) is 16.7 Å². The van der Waals surface area contributed by atoms with E-state index >= 15 is 0 Å². The largest absolute Gasteiger partial charge is 0.496 e. The van der Waals surface area contributed by atoms with Crippen LogP contribution in [0.15, 0.2) is 47.1 Å². The minimum atomic E-state index is -0.0243. The Morgan fingerprint density at radius 1 is 1.35 bits per heavy atom. The normalized spacial score (nSPS) is 18.6. The molecule has 20 heavy (non-hydrogen) atoms. The first-order valence-electron chi connectivity index (χ1n) is 6.36. The molecule has 1 aliphatic rings. The summed E-state index contributed by atoms with van der Waals surface area (Å²) in [4.78, 5) is 13.9. The first-order chi connectivity index (χ1) is 9.79. The number of carbonyl (C=O) groups excluding carboxylic acids is 1. The van der Waals surface area contributed by atoms with E-state index in [1.165, 1.54) is 0 Å². The van der Waals surface area contributed by atoms with Crippen LogP contribution in [0, 0.1) is 0 Å². The summed E-state index contributed by atoms with van der Waals surface area (Å²) < 4.78 is 10.8. The van der Waals surface area contributed by atoms with Crippen molar-refractivity contribution in [2.75, 3.05) is 12.9 Å². The second-order valence-electron chi connectivity index (χ2n) is 4.51. The van der Waals surface area contributed by atoms with Crippen molar-refractivity contribution in [3.8, 4) is 5.75 Å². The highest BCUT2D eigenvalue weighted by atomic mass is 32.2. The maximum atomic E-state index is 12.1. The molecule has 2 aromatic rings. The minimum Gasteiger partial charge on any atom is -0.496 e. The van der Waals surface area contributed by atoms with E-state index in [-0.39, 0.29) is 11.3 Å². The maximum Gasteiger partial charge on any atom is 0.234 e. The van der Waals surface area contributed by atoms with Crippen LogP contribution in [0.25, 0.3) is 0 Å². The summed E-state index contributed by atoms with van der Waals surface area (Å²) in [6.45, 7) is 0.488. The fraction of sp³-hybridized carbons (Fsp3) is 0.267. The van der Waals surface area contributed by atoms with Gasteiger partial charge in [-0.15, -0.1) is 11.8 Å². The summed E-state index contributed by atoms with van der Waals surface area (Å²) in [5, 5.41) is -0.0243. The highest BCUT2D eigenvalue weighted by molar-refractivity contribution is 8.00. The quantitative estimate of drug-likeness (QED) is 0.867. The van der Waals surface area contributed by atoms with Crippen molar-refractivity contribution in [2.45, 2.75) is 11.9 Å². The van der Waals surface area contributed by atoms with Crippen molar-refractivity contribution >= 4 is 17.7 Å². The van der Waals surface area contributed by atoms with E-state index in [0.717, 1.165) is 17.1 Å². The van der Waals surface area contributed by atoms with Crippen molar-refractivity contribution in [2.24, 2.45) is 0 Å². The Bertz CT molecular complexity index is 597. The molecule has 1 fully saturated rings. The molecular weight excluding hydrogens is 274 g/mol. The van der Waals surface area contributed by atoms with Gasteiger partial charge in [0.15, 0.2) is 0 Å². The standard InChI is InChI=1S/C15H15NO3S/c1-18-13-7-3-2-6-12(13)15-16(14(17)10-20-15)9-11-5-4-8-19-11/h2-8,15H,9-10H2,1H3. The number of benzene rings is 1. The molecule has 0 radical (unpaired) electrons. The predicted octanol–water partition coefficient (Wildman–Crippen LogP) is 3.06. The third-order valence-corrected chi connectivity index (χ3v) is 4.52. The van der Waals surface area contributed by atoms with E-state index < -0.39 is 0 Å². The number of hydrogen-bond acceptors (Lipinski definition) is 4. The van der Waals surface area contributed by atoms with Crippen LogP contribution in [-0.4, -0.2) is 23.7 Å². The van der Waals surface area contributed by atoms with Crippen molar-refractivity contribution in [1.82, 2.24) is 4.90 Å². The van der Waals surface area contributed by atoms with Crippen molar-refractivity contribution in [3.63, 3.8) is 0 Å². The number of para-hydroxylation sites is 1. The average Bonchev–Trinajstić information content (AvgIpc) is 3.11. The molecule has 1 amide bonds. The van der Waals surface area contributed by atoms with Crippen LogP contribution in [0.3, 0.4) is 0 Å². The molecule has 1 unspecified atom stereocenters. The maximum absolute atomic E-state index is 12.1. The Labute approximate surface area is 121 Å². The first kappa shape index (κ1) is 13.1. The number of nitrogens with zero attached hydrogens (tertiary/aromatic N) is 1. The third kappa shape index (κ3) is 2.41. The Morgan fingerprint density at radius 2 is 2.20 bits per heavy atom.